The van der Waals surface area contributed by atoms with Gasteiger partial charge in [-0.1, -0.05) is 78.0 Å². The van der Waals surface area contributed by atoms with E-state index in [1.165, 1.54) is 6.92 Å². The molecule has 38 heavy (non-hydrogen) atoms. The fourth-order valence-electron chi connectivity index (χ4n) is 3.53. The molecule has 1 amide bonds. The maximum atomic E-state index is 13.8. The van der Waals surface area contributed by atoms with Gasteiger partial charge in [0, 0.05) is 0 Å². The van der Waals surface area contributed by atoms with Gasteiger partial charge in [-0.05, 0) is 48.2 Å². The molecule has 2 unspecified atom stereocenters. The van der Waals surface area contributed by atoms with Crippen LogP contribution in [0.25, 0.3) is 6.08 Å². The number of carbonyl (C=O) groups is 1. The highest BCUT2D eigenvalue weighted by atomic mass is 35.5. The van der Waals surface area contributed by atoms with E-state index in [-0.39, 0.29) is 37.9 Å². The van der Waals surface area contributed by atoms with Crippen LogP contribution in [0.2, 0.25) is 15.1 Å². The van der Waals surface area contributed by atoms with Crippen molar-refractivity contribution in [1.29, 1.82) is 0 Å². The number of halogens is 9. The van der Waals surface area contributed by atoms with Gasteiger partial charge in [-0.15, -0.1) is 0 Å². The van der Waals surface area contributed by atoms with E-state index in [2.05, 4.69) is 5.32 Å². The molecule has 0 spiro atoms. The van der Waals surface area contributed by atoms with Crippen LogP contribution in [-0.4, -0.2) is 34.2 Å². The molecule has 0 heterocycles. The summed E-state index contributed by atoms with van der Waals surface area (Å²) in [5, 5.41) is 1.84. The minimum Gasteiger partial charge on any atom is -0.616 e. The summed E-state index contributed by atoms with van der Waals surface area (Å²) in [6.07, 6.45) is -8.27. The first-order chi connectivity index (χ1) is 17.4. The number of hydrogen-bond donors (Lipinski definition) is 1. The molecule has 0 fully saturated rings. The van der Waals surface area contributed by atoms with Gasteiger partial charge in [0.25, 0.3) is 5.91 Å². The summed E-state index contributed by atoms with van der Waals surface area (Å²) in [6, 6.07) is 3.84. The van der Waals surface area contributed by atoms with E-state index < -0.39 is 52.5 Å². The van der Waals surface area contributed by atoms with E-state index >= 15 is 0 Å². The van der Waals surface area contributed by atoms with Gasteiger partial charge < -0.3 is 9.87 Å². The first kappa shape index (κ1) is 32.6. The quantitative estimate of drug-likeness (QED) is 0.173. The first-order valence-electron chi connectivity index (χ1n) is 11.2. The Labute approximate surface area is 234 Å². The molecule has 13 heteroatoms. The molecule has 3 nitrogen and oxygen atoms in total. The molecule has 0 aliphatic heterocycles. The van der Waals surface area contributed by atoms with Crippen molar-refractivity contribution in [1.82, 2.24) is 5.32 Å². The van der Waals surface area contributed by atoms with E-state index in [9.17, 15) is 35.7 Å². The monoisotopic (exact) mass is 621 g/mol. The third-order valence-electron chi connectivity index (χ3n) is 5.13. The summed E-state index contributed by atoms with van der Waals surface area (Å²) in [4.78, 5) is 12.6. The second-order valence-corrected chi connectivity index (χ2v) is 11.8. The van der Waals surface area contributed by atoms with Gasteiger partial charge in [-0.2, -0.15) is 26.3 Å². The zero-order chi connectivity index (χ0) is 29.0. The predicted octanol–water partition coefficient (Wildman–Crippen LogP) is 8.55. The van der Waals surface area contributed by atoms with Crippen molar-refractivity contribution in [2.24, 2.45) is 5.92 Å². The molecule has 0 radical (unpaired) electrons. The fraction of sp³-hybridized carbons (Fsp3) is 0.400. The van der Waals surface area contributed by atoms with Crippen LogP contribution >= 0.6 is 34.8 Å². The van der Waals surface area contributed by atoms with Crippen LogP contribution in [0.1, 0.15) is 53.7 Å². The van der Waals surface area contributed by atoms with Crippen molar-refractivity contribution < 1.29 is 35.7 Å². The molecule has 0 saturated heterocycles. The highest BCUT2D eigenvalue weighted by molar-refractivity contribution is 7.91. The summed E-state index contributed by atoms with van der Waals surface area (Å²) < 4.78 is 94.7. The number of nitrogens with one attached hydrogen (secondary N) is 1. The lowest BCUT2D eigenvalue weighted by molar-refractivity contribution is -0.139. The smallest absolute Gasteiger partial charge is 0.417 e. The topological polar surface area (TPSA) is 52.2 Å². The van der Waals surface area contributed by atoms with Gasteiger partial charge >= 0.3 is 12.4 Å². The van der Waals surface area contributed by atoms with Gasteiger partial charge in [-0.3, -0.25) is 4.79 Å². The van der Waals surface area contributed by atoms with Crippen LogP contribution < -0.4 is 5.32 Å². The Kier molecular flexibility index (Phi) is 11.3. The second-order valence-electron chi connectivity index (χ2n) is 9.02. The van der Waals surface area contributed by atoms with Crippen LogP contribution in [0.4, 0.5) is 26.3 Å². The molecular formula is C25H24Cl3F6NO2S. The van der Waals surface area contributed by atoms with Crippen molar-refractivity contribution in [2.75, 3.05) is 11.5 Å². The summed E-state index contributed by atoms with van der Waals surface area (Å²) in [5.74, 6) is -2.71. The molecule has 0 saturated carbocycles. The molecule has 0 bridgehead atoms. The van der Waals surface area contributed by atoms with Crippen LogP contribution in [-0.2, 0) is 17.4 Å². The first-order valence-corrected chi connectivity index (χ1v) is 13.8. The minimum absolute atomic E-state index is 0.0592. The van der Waals surface area contributed by atoms with Crippen molar-refractivity contribution in [3.63, 3.8) is 0 Å². The number of benzene rings is 2. The summed E-state index contributed by atoms with van der Waals surface area (Å²) >= 11 is 16.2. The van der Waals surface area contributed by atoms with Gasteiger partial charge in [0.05, 0.1) is 38.2 Å². The molecule has 1 N–H and O–H groups in total. The highest BCUT2D eigenvalue weighted by Gasteiger charge is 2.40. The maximum Gasteiger partial charge on any atom is 0.417 e. The molecule has 3 atom stereocenters. The van der Waals surface area contributed by atoms with E-state index in [1.54, 1.807) is 0 Å². The number of rotatable bonds is 9. The highest BCUT2D eigenvalue weighted by Crippen LogP contribution is 2.41. The minimum atomic E-state index is -4.97. The van der Waals surface area contributed by atoms with Crippen LogP contribution in [0.15, 0.2) is 36.4 Å². The van der Waals surface area contributed by atoms with Crippen LogP contribution in [0, 0.1) is 5.92 Å². The van der Waals surface area contributed by atoms with Crippen LogP contribution in [0.3, 0.4) is 0 Å². The Morgan fingerprint density at radius 3 is 2.08 bits per heavy atom. The Morgan fingerprint density at radius 2 is 1.58 bits per heavy atom. The summed E-state index contributed by atoms with van der Waals surface area (Å²) in [6.45, 7) is 5.25. The van der Waals surface area contributed by atoms with Gasteiger partial charge in [0.15, 0.2) is 0 Å². The lowest BCUT2D eigenvalue weighted by Gasteiger charge is -2.20. The normalized spacial score (nSPS) is 15.1. The molecule has 2 rings (SSSR count). The van der Waals surface area contributed by atoms with E-state index in [0.717, 1.165) is 30.3 Å². The summed E-state index contributed by atoms with van der Waals surface area (Å²) in [7, 11) is 0. The number of carbonyl (C=O) groups excluding carboxylic acids is 1. The average molecular weight is 623 g/mol. The van der Waals surface area contributed by atoms with E-state index in [1.807, 2.05) is 13.8 Å². The Morgan fingerprint density at radius 1 is 1.00 bits per heavy atom. The Bertz CT molecular complexity index is 1150. The van der Waals surface area contributed by atoms with Crippen molar-refractivity contribution in [3.05, 3.63) is 73.7 Å². The number of alkyl halides is 6. The molecule has 2 aromatic carbocycles. The molecule has 210 valence electrons. The van der Waals surface area contributed by atoms with Gasteiger partial charge in [0.1, 0.15) is 11.5 Å². The predicted molar refractivity (Wildman–Crippen MR) is 140 cm³/mol. The average Bonchev–Trinajstić information content (AvgIpc) is 2.75. The molecule has 0 aliphatic carbocycles. The van der Waals surface area contributed by atoms with Gasteiger partial charge in [-0.25, -0.2) is 0 Å². The second kappa shape index (κ2) is 13.2. The zero-order valence-corrected chi connectivity index (χ0v) is 23.4. The molecule has 2 aromatic rings. The standard InChI is InChI=1S/C25H24Cl3F6NO2S/c1-13(2)11-38(37)12-14(3)35-23(36)17-6-4-15(8-19(17)25(32,33)34)5-7-18(24(29,30)31)16-9-20(26)22(28)21(27)10-16/h4-10,13-14,18H,11-12H2,1-3H3,(H,35,36)/b7-5+/t14-,18?,38?/m1/s1. The van der Waals surface area contributed by atoms with Gasteiger partial charge in [0.2, 0.25) is 0 Å². The third kappa shape index (κ3) is 9.26. The zero-order valence-electron chi connectivity index (χ0n) is 20.3. The Hall–Kier alpha value is -1.59. The Balaban J connectivity index is 2.37. The van der Waals surface area contributed by atoms with Crippen molar-refractivity contribution in [3.8, 4) is 0 Å². The van der Waals surface area contributed by atoms with Crippen LogP contribution in [0.5, 0.6) is 0 Å². The molecule has 0 aromatic heterocycles. The molecular weight excluding hydrogens is 599 g/mol. The van der Waals surface area contributed by atoms with Crippen molar-refractivity contribution >= 4 is 58.0 Å². The van der Waals surface area contributed by atoms with E-state index in [0.29, 0.717) is 17.9 Å². The maximum absolute atomic E-state index is 13.8. The fourth-order valence-corrected chi connectivity index (χ4v) is 5.66. The third-order valence-corrected chi connectivity index (χ3v) is 8.23. The van der Waals surface area contributed by atoms with E-state index in [4.69, 9.17) is 34.8 Å². The number of allylic oxidation sites excluding steroid dienone is 1. The number of amides is 1. The largest absolute Gasteiger partial charge is 0.616 e. The SMILES string of the molecule is CC(C)C[S+]([O-])C[C@@H](C)NC(=O)c1ccc(/C=C/C(c2cc(Cl)c(Cl)c(Cl)c2)C(F)(F)F)cc1C(F)(F)F. The lowest BCUT2D eigenvalue weighted by Crippen LogP contribution is -2.39. The van der Waals surface area contributed by atoms with Crippen molar-refractivity contribution in [2.45, 2.75) is 45.1 Å². The number of hydrogen-bond acceptors (Lipinski definition) is 2. The summed E-state index contributed by atoms with van der Waals surface area (Å²) in [5.41, 5.74) is -2.61. The lowest BCUT2D eigenvalue weighted by atomic mass is 9.96. The molecule has 0 aliphatic rings.